The lowest BCUT2D eigenvalue weighted by atomic mass is 10.0. The summed E-state index contributed by atoms with van der Waals surface area (Å²) in [5.74, 6) is 2.41. The second-order valence-corrected chi connectivity index (χ2v) is 6.42. The molecule has 1 amide bonds. The quantitative estimate of drug-likeness (QED) is 0.389. The minimum atomic E-state index is 0.0678. The van der Waals surface area contributed by atoms with Crippen LogP contribution in [0.3, 0.4) is 0 Å². The van der Waals surface area contributed by atoms with E-state index in [1.165, 1.54) is 0 Å². The molecular weight excluding hydrogens is 356 g/mol. The Bertz CT molecular complexity index is 851. The normalized spacial score (nSPS) is 13.4. The smallest absolute Gasteiger partial charge is 0.224 e. The molecule has 0 aromatic heterocycles. The first-order valence-electron chi connectivity index (χ1n) is 9.31. The molecule has 2 aromatic carbocycles. The van der Waals surface area contributed by atoms with E-state index in [0.29, 0.717) is 32.1 Å². The maximum atomic E-state index is 11.4. The Balaban J connectivity index is 1.41. The lowest BCUT2D eigenvalue weighted by Gasteiger charge is -2.18. The number of fused-ring (bicyclic) bond motifs is 1. The number of rotatable bonds is 7. The van der Waals surface area contributed by atoms with Gasteiger partial charge in [-0.25, -0.2) is 0 Å². The van der Waals surface area contributed by atoms with Crippen molar-refractivity contribution < 1.29 is 14.3 Å². The summed E-state index contributed by atoms with van der Waals surface area (Å²) in [5, 5.41) is 9.37. The van der Waals surface area contributed by atoms with E-state index in [4.69, 9.17) is 9.47 Å². The van der Waals surface area contributed by atoms with Gasteiger partial charge >= 0.3 is 0 Å². The van der Waals surface area contributed by atoms with Crippen molar-refractivity contribution in [2.75, 3.05) is 32.6 Å². The first kappa shape index (κ1) is 19.5. The van der Waals surface area contributed by atoms with Gasteiger partial charge in [-0.3, -0.25) is 9.79 Å². The molecule has 0 saturated carbocycles. The fourth-order valence-electron chi connectivity index (χ4n) is 2.98. The molecule has 7 heteroatoms. The van der Waals surface area contributed by atoms with Crippen LogP contribution in [-0.2, 0) is 17.8 Å². The van der Waals surface area contributed by atoms with Crippen LogP contribution in [0.25, 0.3) is 0 Å². The van der Waals surface area contributed by atoms with Crippen LogP contribution >= 0.6 is 0 Å². The molecular formula is C21H26N4O3. The average Bonchev–Trinajstić information content (AvgIpc) is 2.73. The molecule has 1 aliphatic rings. The molecule has 148 valence electrons. The van der Waals surface area contributed by atoms with Crippen LogP contribution in [0.15, 0.2) is 47.5 Å². The number of carbonyl (C=O) groups excluding carboxylic acids is 1. The van der Waals surface area contributed by atoms with Gasteiger partial charge in [-0.15, -0.1) is 0 Å². The number of amides is 1. The molecule has 0 bridgehead atoms. The van der Waals surface area contributed by atoms with Gasteiger partial charge in [-0.2, -0.15) is 0 Å². The van der Waals surface area contributed by atoms with Gasteiger partial charge < -0.3 is 25.4 Å². The summed E-state index contributed by atoms with van der Waals surface area (Å²) >= 11 is 0. The van der Waals surface area contributed by atoms with Gasteiger partial charge in [0.05, 0.1) is 13.7 Å². The second kappa shape index (κ2) is 9.64. The Morgan fingerprint density at radius 3 is 2.86 bits per heavy atom. The molecule has 3 rings (SSSR count). The van der Waals surface area contributed by atoms with Crippen LogP contribution in [0.2, 0.25) is 0 Å². The van der Waals surface area contributed by atoms with Crippen molar-refractivity contribution in [2.45, 2.75) is 19.4 Å². The molecule has 0 radical (unpaired) electrons. The Hall–Kier alpha value is -3.22. The number of aliphatic imine (C=N–C) groups is 1. The molecule has 2 aromatic rings. The molecule has 3 N–H and O–H groups in total. The van der Waals surface area contributed by atoms with E-state index in [1.807, 2.05) is 42.5 Å². The molecule has 1 aliphatic heterocycles. The van der Waals surface area contributed by atoms with Gasteiger partial charge in [0.1, 0.15) is 18.1 Å². The highest BCUT2D eigenvalue weighted by Gasteiger charge is 2.14. The van der Waals surface area contributed by atoms with E-state index >= 15 is 0 Å². The van der Waals surface area contributed by atoms with Gasteiger partial charge in [0.25, 0.3) is 0 Å². The molecule has 0 spiro atoms. The van der Waals surface area contributed by atoms with E-state index in [-0.39, 0.29) is 5.91 Å². The van der Waals surface area contributed by atoms with Crippen molar-refractivity contribution >= 4 is 17.6 Å². The van der Waals surface area contributed by atoms with Crippen molar-refractivity contribution in [3.05, 3.63) is 53.6 Å². The zero-order valence-electron chi connectivity index (χ0n) is 16.2. The third-order valence-corrected chi connectivity index (χ3v) is 4.45. The minimum Gasteiger partial charge on any atom is -0.497 e. The van der Waals surface area contributed by atoms with Crippen molar-refractivity contribution in [2.24, 2.45) is 4.99 Å². The number of carbonyl (C=O) groups is 1. The molecule has 0 fully saturated rings. The Morgan fingerprint density at radius 2 is 2.04 bits per heavy atom. The molecule has 7 nitrogen and oxygen atoms in total. The van der Waals surface area contributed by atoms with Crippen LogP contribution in [0.1, 0.15) is 17.5 Å². The van der Waals surface area contributed by atoms with Gasteiger partial charge in [-0.05, 0) is 47.9 Å². The van der Waals surface area contributed by atoms with Crippen molar-refractivity contribution in [3.8, 4) is 11.5 Å². The van der Waals surface area contributed by atoms with Crippen molar-refractivity contribution in [1.29, 1.82) is 0 Å². The fourth-order valence-corrected chi connectivity index (χ4v) is 2.98. The standard InChI is InChI=1S/C21H26N4O3/c1-22-21(24-14-15-4-3-5-17(12-15)27-2)23-10-11-28-18-7-8-19-16(13-18)6-9-20(26)25-19/h3-5,7-8,12-13H,6,9-11,14H2,1-2H3,(H,25,26)(H2,22,23,24). The van der Waals surface area contributed by atoms with Crippen LogP contribution in [0.4, 0.5) is 5.69 Å². The number of anilines is 1. The van der Waals surface area contributed by atoms with E-state index in [2.05, 4.69) is 20.9 Å². The topological polar surface area (TPSA) is 84.0 Å². The number of nitrogens with zero attached hydrogens (tertiary/aromatic N) is 1. The molecule has 0 saturated heterocycles. The zero-order valence-corrected chi connectivity index (χ0v) is 16.2. The summed E-state index contributed by atoms with van der Waals surface area (Å²) in [6, 6.07) is 13.7. The average molecular weight is 382 g/mol. The molecule has 0 aliphatic carbocycles. The number of methoxy groups -OCH3 is 1. The van der Waals surface area contributed by atoms with E-state index < -0.39 is 0 Å². The summed E-state index contributed by atoms with van der Waals surface area (Å²) in [6.45, 7) is 1.77. The second-order valence-electron chi connectivity index (χ2n) is 6.42. The lowest BCUT2D eigenvalue weighted by molar-refractivity contribution is -0.116. The predicted molar refractivity (Wildman–Crippen MR) is 110 cm³/mol. The summed E-state index contributed by atoms with van der Waals surface area (Å²) in [5.41, 5.74) is 3.10. The first-order chi connectivity index (χ1) is 13.7. The predicted octanol–water partition coefficient (Wildman–Crippen LogP) is 2.32. The highest BCUT2D eigenvalue weighted by Crippen LogP contribution is 2.26. The van der Waals surface area contributed by atoms with Crippen LogP contribution in [-0.4, -0.2) is 39.2 Å². The van der Waals surface area contributed by atoms with Gasteiger partial charge in [0.15, 0.2) is 5.96 Å². The maximum absolute atomic E-state index is 11.4. The number of ether oxygens (including phenoxy) is 2. The van der Waals surface area contributed by atoms with Crippen molar-refractivity contribution in [1.82, 2.24) is 10.6 Å². The monoisotopic (exact) mass is 382 g/mol. The molecule has 1 heterocycles. The number of hydrogen-bond acceptors (Lipinski definition) is 4. The number of nitrogens with one attached hydrogen (secondary N) is 3. The van der Waals surface area contributed by atoms with E-state index in [1.54, 1.807) is 14.2 Å². The highest BCUT2D eigenvalue weighted by atomic mass is 16.5. The SMILES string of the molecule is CN=C(NCCOc1ccc2c(c1)CCC(=O)N2)NCc1cccc(OC)c1. The number of guanidine groups is 1. The molecule has 28 heavy (non-hydrogen) atoms. The number of aryl methyl sites for hydroxylation is 1. The first-order valence-corrected chi connectivity index (χ1v) is 9.31. The van der Waals surface area contributed by atoms with E-state index in [0.717, 1.165) is 34.7 Å². The van der Waals surface area contributed by atoms with Crippen LogP contribution in [0.5, 0.6) is 11.5 Å². The highest BCUT2D eigenvalue weighted by molar-refractivity contribution is 5.94. The van der Waals surface area contributed by atoms with Crippen LogP contribution < -0.4 is 25.4 Å². The fraction of sp³-hybridized carbons (Fsp3) is 0.333. The number of hydrogen-bond donors (Lipinski definition) is 3. The van der Waals surface area contributed by atoms with Crippen LogP contribution in [0, 0.1) is 0 Å². The summed E-state index contributed by atoms with van der Waals surface area (Å²) < 4.78 is 11.1. The molecule has 0 atom stereocenters. The van der Waals surface area contributed by atoms with E-state index in [9.17, 15) is 4.79 Å². The lowest BCUT2D eigenvalue weighted by Crippen LogP contribution is -2.38. The minimum absolute atomic E-state index is 0.0678. The molecule has 0 unspecified atom stereocenters. The zero-order chi connectivity index (χ0) is 19.8. The van der Waals surface area contributed by atoms with Gasteiger partial charge in [0.2, 0.25) is 5.91 Å². The van der Waals surface area contributed by atoms with Crippen molar-refractivity contribution in [3.63, 3.8) is 0 Å². The summed E-state index contributed by atoms with van der Waals surface area (Å²) in [4.78, 5) is 15.6. The van der Waals surface area contributed by atoms with Gasteiger partial charge in [0, 0.05) is 25.7 Å². The Morgan fingerprint density at radius 1 is 1.14 bits per heavy atom. The number of benzene rings is 2. The largest absolute Gasteiger partial charge is 0.497 e. The Kier molecular flexibility index (Phi) is 6.73. The van der Waals surface area contributed by atoms with Gasteiger partial charge in [-0.1, -0.05) is 12.1 Å². The third-order valence-electron chi connectivity index (χ3n) is 4.45. The summed E-state index contributed by atoms with van der Waals surface area (Å²) in [7, 11) is 3.39. The maximum Gasteiger partial charge on any atom is 0.224 e. The third kappa shape index (κ3) is 5.39. The summed E-state index contributed by atoms with van der Waals surface area (Å²) in [6.07, 6.45) is 1.27. The Labute approximate surface area is 165 Å².